The predicted octanol–water partition coefficient (Wildman–Crippen LogP) is 2.85. The Hall–Kier alpha value is -3.29. The maximum absolute atomic E-state index is 13.7. The molecule has 0 amide bonds. The summed E-state index contributed by atoms with van der Waals surface area (Å²) in [6.07, 6.45) is 5.16. The van der Waals surface area contributed by atoms with Crippen LogP contribution in [0.3, 0.4) is 0 Å². The Kier molecular flexibility index (Phi) is 7.74. The van der Waals surface area contributed by atoms with E-state index in [0.717, 1.165) is 24.9 Å². The summed E-state index contributed by atoms with van der Waals surface area (Å²) in [5, 5.41) is 7.86. The molecule has 0 spiro atoms. The van der Waals surface area contributed by atoms with Gasteiger partial charge in [-0.05, 0) is 50.9 Å². The number of hydrogen-bond donors (Lipinski definition) is 1. The number of fused-ring (bicyclic) bond motifs is 1. The van der Waals surface area contributed by atoms with Gasteiger partial charge in [0.25, 0.3) is 0 Å². The van der Waals surface area contributed by atoms with Gasteiger partial charge < -0.3 is 14.2 Å². The van der Waals surface area contributed by atoms with Crippen LogP contribution < -0.4 is 14.2 Å². The molecule has 1 N–H and O–H groups in total. The normalized spacial score (nSPS) is 21.3. The number of hydrogen-bond acceptors (Lipinski definition) is 10. The zero-order chi connectivity index (χ0) is 27.7. The van der Waals surface area contributed by atoms with E-state index in [1.165, 1.54) is 0 Å². The van der Waals surface area contributed by atoms with Crippen molar-refractivity contribution in [2.75, 3.05) is 38.6 Å². The van der Waals surface area contributed by atoms with Crippen molar-refractivity contribution in [1.29, 1.82) is 0 Å². The lowest BCUT2D eigenvalue weighted by Crippen LogP contribution is -2.43. The zero-order valence-corrected chi connectivity index (χ0v) is 23.7. The number of benzene rings is 1. The molecule has 2 aliphatic heterocycles. The molecule has 0 unspecified atom stereocenters. The molecule has 3 aromatic rings. The minimum absolute atomic E-state index is 0.0174. The number of nitrogens with one attached hydrogen (secondary N) is 1. The molecule has 4 atom stereocenters. The van der Waals surface area contributed by atoms with Crippen LogP contribution in [-0.2, 0) is 14.8 Å². The minimum Gasteiger partial charge on any atom is -0.494 e. The summed E-state index contributed by atoms with van der Waals surface area (Å²) < 4.78 is 49.2. The number of morpholine rings is 1. The van der Waals surface area contributed by atoms with Crippen LogP contribution in [0.2, 0.25) is 0 Å². The average molecular weight is 558 g/mol. The predicted molar refractivity (Wildman–Crippen MR) is 145 cm³/mol. The maximum Gasteiger partial charge on any atom is 0.243 e. The molecular formula is C26H35N7O5S. The second-order valence-corrected chi connectivity index (χ2v) is 12.1. The number of nitrogens with zero attached hydrogens (tertiary/aromatic N) is 6. The molecule has 2 aromatic heterocycles. The Morgan fingerprint density at radius 3 is 2.46 bits per heavy atom. The summed E-state index contributed by atoms with van der Waals surface area (Å²) in [5.41, 5.74) is 1.38. The molecule has 13 heteroatoms. The number of ether oxygens (including phenoxy) is 3. The largest absolute Gasteiger partial charge is 0.494 e. The van der Waals surface area contributed by atoms with Crippen molar-refractivity contribution >= 4 is 16.0 Å². The molecule has 0 bridgehead atoms. The number of anilines is 1. The van der Waals surface area contributed by atoms with Gasteiger partial charge >= 0.3 is 0 Å². The Balaban J connectivity index is 1.54. The molecule has 2 fully saturated rings. The number of para-hydroxylation sites is 1. The lowest BCUT2D eigenvalue weighted by Gasteiger charge is -2.34. The Labute approximate surface area is 228 Å². The average Bonchev–Trinajstić information content (AvgIpc) is 3.58. The summed E-state index contributed by atoms with van der Waals surface area (Å²) in [6.45, 7) is 7.49. The highest BCUT2D eigenvalue weighted by Gasteiger charge is 2.38. The second kappa shape index (κ2) is 11.1. The van der Waals surface area contributed by atoms with Crippen molar-refractivity contribution in [3.05, 3.63) is 47.8 Å². The smallest absolute Gasteiger partial charge is 0.243 e. The molecule has 39 heavy (non-hydrogen) atoms. The van der Waals surface area contributed by atoms with Gasteiger partial charge in [0, 0.05) is 30.9 Å². The lowest BCUT2D eigenvalue weighted by molar-refractivity contribution is -0.0548. The first-order valence-corrected chi connectivity index (χ1v) is 14.6. The number of aromatic nitrogens is 5. The monoisotopic (exact) mass is 557 g/mol. The van der Waals surface area contributed by atoms with Crippen LogP contribution >= 0.6 is 0 Å². The van der Waals surface area contributed by atoms with E-state index >= 15 is 0 Å². The highest BCUT2D eigenvalue weighted by molar-refractivity contribution is 7.93. The Bertz CT molecular complexity index is 1390. The highest BCUT2D eigenvalue weighted by Crippen LogP contribution is 2.39. The van der Waals surface area contributed by atoms with Crippen LogP contribution in [0.5, 0.6) is 11.5 Å². The van der Waals surface area contributed by atoms with Crippen molar-refractivity contribution in [3.63, 3.8) is 0 Å². The molecule has 2 aliphatic rings. The maximum atomic E-state index is 13.7. The van der Waals surface area contributed by atoms with E-state index in [9.17, 15) is 8.42 Å². The summed E-state index contributed by atoms with van der Waals surface area (Å²) in [6, 6.07) is 5.74. The fourth-order valence-electron chi connectivity index (χ4n) is 5.15. The topological polar surface area (TPSA) is 134 Å². The quantitative estimate of drug-likeness (QED) is 0.419. The molecule has 4 heterocycles. The van der Waals surface area contributed by atoms with Crippen molar-refractivity contribution in [1.82, 2.24) is 29.6 Å². The molecule has 1 aromatic carbocycles. The fourth-order valence-corrected chi connectivity index (χ4v) is 6.39. The van der Waals surface area contributed by atoms with Gasteiger partial charge in [-0.1, -0.05) is 13.0 Å². The van der Waals surface area contributed by atoms with E-state index in [2.05, 4.69) is 29.8 Å². The van der Waals surface area contributed by atoms with Gasteiger partial charge in [-0.2, -0.15) is 0 Å². The van der Waals surface area contributed by atoms with Gasteiger partial charge in [-0.3, -0.25) is 14.2 Å². The number of rotatable bonds is 9. The van der Waals surface area contributed by atoms with Gasteiger partial charge in [0.05, 0.1) is 26.1 Å². The van der Waals surface area contributed by atoms with Crippen LogP contribution in [0, 0.1) is 6.92 Å². The van der Waals surface area contributed by atoms with E-state index in [4.69, 9.17) is 14.2 Å². The van der Waals surface area contributed by atoms with Gasteiger partial charge in [-0.25, -0.2) is 18.4 Å². The third-order valence-electron chi connectivity index (χ3n) is 7.63. The van der Waals surface area contributed by atoms with Crippen LogP contribution in [0.4, 0.5) is 5.95 Å². The van der Waals surface area contributed by atoms with Crippen LogP contribution in [0.15, 0.2) is 30.6 Å². The Morgan fingerprint density at radius 1 is 1.10 bits per heavy atom. The van der Waals surface area contributed by atoms with Crippen LogP contribution in [0.25, 0.3) is 5.69 Å². The highest BCUT2D eigenvalue weighted by atomic mass is 32.2. The van der Waals surface area contributed by atoms with Crippen molar-refractivity contribution in [2.24, 2.45) is 0 Å². The molecule has 0 saturated carbocycles. The van der Waals surface area contributed by atoms with Gasteiger partial charge in [0.15, 0.2) is 5.82 Å². The van der Waals surface area contributed by atoms with E-state index in [-0.39, 0.29) is 5.95 Å². The minimum atomic E-state index is -3.96. The summed E-state index contributed by atoms with van der Waals surface area (Å²) in [7, 11) is -0.868. The number of methoxy groups -OCH3 is 2. The first-order chi connectivity index (χ1) is 18.7. The molecule has 12 nitrogen and oxygen atoms in total. The molecule has 0 aliphatic carbocycles. The first kappa shape index (κ1) is 27.3. The van der Waals surface area contributed by atoms with Crippen molar-refractivity contribution in [2.45, 2.75) is 56.9 Å². The Morgan fingerprint density at radius 2 is 1.79 bits per heavy atom. The van der Waals surface area contributed by atoms with E-state index in [0.29, 0.717) is 48.0 Å². The summed E-state index contributed by atoms with van der Waals surface area (Å²) in [4.78, 5) is 11.1. The van der Waals surface area contributed by atoms with Crippen LogP contribution in [-0.4, -0.2) is 83.3 Å². The second-order valence-electron chi connectivity index (χ2n) is 10.1. The molecule has 0 radical (unpaired) electrons. The summed E-state index contributed by atoms with van der Waals surface area (Å²) >= 11 is 0. The van der Waals surface area contributed by atoms with Gasteiger partial charge in [-0.15, -0.1) is 10.2 Å². The third kappa shape index (κ3) is 5.30. The van der Waals surface area contributed by atoms with E-state index in [1.54, 1.807) is 63.2 Å². The molecule has 2 saturated heterocycles. The van der Waals surface area contributed by atoms with Crippen molar-refractivity contribution in [3.8, 4) is 17.2 Å². The molecular weight excluding hydrogens is 522 g/mol. The zero-order valence-electron chi connectivity index (χ0n) is 22.9. The third-order valence-corrected chi connectivity index (χ3v) is 9.48. The van der Waals surface area contributed by atoms with Crippen molar-refractivity contribution < 1.29 is 22.6 Å². The summed E-state index contributed by atoms with van der Waals surface area (Å²) in [5.74, 6) is 1.39. The number of aryl methyl sites for hydroxylation is 1. The lowest BCUT2D eigenvalue weighted by atomic mass is 10.1. The van der Waals surface area contributed by atoms with Gasteiger partial charge in [0.2, 0.25) is 16.0 Å². The molecule has 5 rings (SSSR count). The van der Waals surface area contributed by atoms with Crippen LogP contribution in [0.1, 0.15) is 55.9 Å². The molecule has 210 valence electrons. The fraction of sp³-hybridized carbons (Fsp3) is 0.538. The van der Waals surface area contributed by atoms with Gasteiger partial charge in [0.1, 0.15) is 29.1 Å². The van der Waals surface area contributed by atoms with E-state index < -0.39 is 27.3 Å². The SMILES string of the molecule is COc1cccc(OC)c1-n1c(NS(=O)(=O)[C@@H](C)[C@H](C)c2ncc(C)cn2)nnc1[C@@H]1CN2CCC[C@@H]2CO1. The first-order valence-electron chi connectivity index (χ1n) is 13.1. The number of sulfonamides is 1. The standard InChI is InChI=1S/C26H35N7O5S/c1-16-12-27-24(28-13-16)17(2)18(3)39(34,35)31-26-30-29-25(22-14-32-11-7-8-19(32)15-38-22)33(26)23-20(36-4)9-6-10-21(23)37-5/h6,9-10,12-13,17-19,22H,7-8,11,14-15H2,1-5H3,(H,30,31)/t17-,18-,19+,22-/m0/s1. The van der Waals surface area contributed by atoms with E-state index in [1.807, 2.05) is 6.92 Å².